The predicted molar refractivity (Wildman–Crippen MR) is 65.4 cm³/mol. The van der Waals surface area contributed by atoms with Gasteiger partial charge in [-0.2, -0.15) is 0 Å². The molecular formula is C13H22N2O. The summed E-state index contributed by atoms with van der Waals surface area (Å²) in [5, 5.41) is 12.9. The summed E-state index contributed by atoms with van der Waals surface area (Å²) in [6.07, 6.45) is 3.45. The first kappa shape index (κ1) is 11.7. The molecule has 1 aromatic rings. The Hall–Kier alpha value is -0.800. The molecule has 90 valence electrons. The van der Waals surface area contributed by atoms with E-state index in [1.807, 2.05) is 0 Å². The lowest BCUT2D eigenvalue weighted by Crippen LogP contribution is -2.53. The summed E-state index contributed by atoms with van der Waals surface area (Å²) in [7, 11) is 2.10. The Morgan fingerprint density at radius 3 is 2.50 bits per heavy atom. The summed E-state index contributed by atoms with van der Waals surface area (Å²) >= 11 is 0. The van der Waals surface area contributed by atoms with E-state index in [1.165, 1.54) is 23.4 Å². The number of nitrogens with one attached hydrogen (secondary N) is 1. The molecule has 2 N–H and O–H groups in total. The van der Waals surface area contributed by atoms with Gasteiger partial charge in [0.2, 0.25) is 0 Å². The van der Waals surface area contributed by atoms with Crippen LogP contribution in [-0.4, -0.2) is 21.8 Å². The van der Waals surface area contributed by atoms with Gasteiger partial charge in [-0.25, -0.2) is 0 Å². The molecule has 1 saturated carbocycles. The molecule has 1 aliphatic rings. The third kappa shape index (κ3) is 1.89. The van der Waals surface area contributed by atoms with E-state index in [2.05, 4.69) is 36.8 Å². The van der Waals surface area contributed by atoms with Crippen LogP contribution in [0.5, 0.6) is 0 Å². The second kappa shape index (κ2) is 4.22. The summed E-state index contributed by atoms with van der Waals surface area (Å²) in [6.45, 7) is 5.41. The zero-order valence-corrected chi connectivity index (χ0v) is 10.5. The van der Waals surface area contributed by atoms with Gasteiger partial charge < -0.3 is 15.0 Å². The highest BCUT2D eigenvalue weighted by atomic mass is 16.3. The van der Waals surface area contributed by atoms with E-state index in [4.69, 9.17) is 0 Å². The number of aliphatic hydroxyl groups is 1. The minimum Gasteiger partial charge on any atom is -0.394 e. The topological polar surface area (TPSA) is 37.2 Å². The lowest BCUT2D eigenvalue weighted by Gasteiger charge is -2.41. The molecule has 0 radical (unpaired) electrons. The van der Waals surface area contributed by atoms with Crippen molar-refractivity contribution in [2.24, 2.45) is 7.05 Å². The third-order valence-corrected chi connectivity index (χ3v) is 4.15. The van der Waals surface area contributed by atoms with Gasteiger partial charge >= 0.3 is 0 Å². The Morgan fingerprint density at radius 1 is 1.44 bits per heavy atom. The SMILES string of the molecule is Cc1cc(CNC2(CO)CCC2)c(C)n1C. The standard InChI is InChI=1S/C13H22N2O/c1-10-7-12(11(2)15(10)3)8-14-13(9-16)5-4-6-13/h7,14,16H,4-6,8-9H2,1-3H3. The van der Waals surface area contributed by atoms with E-state index in [1.54, 1.807) is 0 Å². The molecule has 0 saturated heterocycles. The van der Waals surface area contributed by atoms with Crippen LogP contribution >= 0.6 is 0 Å². The zero-order chi connectivity index (χ0) is 11.8. The van der Waals surface area contributed by atoms with Crippen molar-refractivity contribution < 1.29 is 5.11 Å². The molecular weight excluding hydrogens is 200 g/mol. The van der Waals surface area contributed by atoms with Gasteiger partial charge in [0.05, 0.1) is 6.61 Å². The molecule has 3 heteroatoms. The van der Waals surface area contributed by atoms with Crippen molar-refractivity contribution in [1.82, 2.24) is 9.88 Å². The number of nitrogens with zero attached hydrogens (tertiary/aromatic N) is 1. The van der Waals surface area contributed by atoms with Crippen LogP contribution < -0.4 is 5.32 Å². The van der Waals surface area contributed by atoms with E-state index in [9.17, 15) is 5.11 Å². The summed E-state index contributed by atoms with van der Waals surface area (Å²) in [6, 6.07) is 2.23. The fourth-order valence-corrected chi connectivity index (χ4v) is 2.39. The first-order valence-electron chi connectivity index (χ1n) is 6.06. The van der Waals surface area contributed by atoms with Crippen molar-refractivity contribution >= 4 is 0 Å². The van der Waals surface area contributed by atoms with Crippen LogP contribution in [0.1, 0.15) is 36.2 Å². The average Bonchev–Trinajstić information content (AvgIpc) is 2.45. The maximum absolute atomic E-state index is 9.38. The molecule has 0 aromatic carbocycles. The highest BCUT2D eigenvalue weighted by Crippen LogP contribution is 2.31. The van der Waals surface area contributed by atoms with Crippen molar-refractivity contribution in [3.63, 3.8) is 0 Å². The molecule has 0 amide bonds. The van der Waals surface area contributed by atoms with E-state index in [0.717, 1.165) is 19.4 Å². The molecule has 1 heterocycles. The smallest absolute Gasteiger partial charge is 0.0613 e. The minimum absolute atomic E-state index is 0.0101. The van der Waals surface area contributed by atoms with Crippen LogP contribution in [0, 0.1) is 13.8 Å². The minimum atomic E-state index is 0.0101. The van der Waals surface area contributed by atoms with Crippen molar-refractivity contribution in [2.75, 3.05) is 6.61 Å². The molecule has 0 bridgehead atoms. The molecule has 3 nitrogen and oxygen atoms in total. The van der Waals surface area contributed by atoms with Crippen LogP contribution in [0.3, 0.4) is 0 Å². The van der Waals surface area contributed by atoms with Crippen molar-refractivity contribution in [2.45, 2.75) is 45.2 Å². The third-order valence-electron chi connectivity index (χ3n) is 4.15. The zero-order valence-electron chi connectivity index (χ0n) is 10.5. The first-order chi connectivity index (χ1) is 7.58. The van der Waals surface area contributed by atoms with Crippen LogP contribution in [-0.2, 0) is 13.6 Å². The summed E-state index contributed by atoms with van der Waals surface area (Å²) in [5.41, 5.74) is 3.97. The Labute approximate surface area is 97.5 Å². The van der Waals surface area contributed by atoms with Crippen molar-refractivity contribution in [3.8, 4) is 0 Å². The largest absolute Gasteiger partial charge is 0.394 e. The van der Waals surface area contributed by atoms with Gasteiger partial charge in [0, 0.05) is 30.5 Å². The maximum atomic E-state index is 9.38. The second-order valence-corrected chi connectivity index (χ2v) is 5.10. The quantitative estimate of drug-likeness (QED) is 0.812. The molecule has 2 rings (SSSR count). The lowest BCUT2D eigenvalue weighted by atomic mass is 9.77. The second-order valence-electron chi connectivity index (χ2n) is 5.10. The van der Waals surface area contributed by atoms with Crippen LogP contribution in [0.15, 0.2) is 6.07 Å². The van der Waals surface area contributed by atoms with E-state index in [0.29, 0.717) is 0 Å². The lowest BCUT2D eigenvalue weighted by molar-refractivity contribution is 0.0871. The highest BCUT2D eigenvalue weighted by molar-refractivity contribution is 5.26. The van der Waals surface area contributed by atoms with Crippen LogP contribution in [0.4, 0.5) is 0 Å². The fourth-order valence-electron chi connectivity index (χ4n) is 2.39. The number of aliphatic hydroxyl groups excluding tert-OH is 1. The van der Waals surface area contributed by atoms with Crippen molar-refractivity contribution in [1.29, 1.82) is 0 Å². The summed E-state index contributed by atoms with van der Waals surface area (Å²) < 4.78 is 2.21. The number of aryl methyl sites for hydroxylation is 1. The fraction of sp³-hybridized carbons (Fsp3) is 0.692. The van der Waals surface area contributed by atoms with Gasteiger partial charge in [-0.15, -0.1) is 0 Å². The maximum Gasteiger partial charge on any atom is 0.0613 e. The van der Waals surface area contributed by atoms with Crippen LogP contribution in [0.2, 0.25) is 0 Å². The molecule has 0 aliphatic heterocycles. The Balaban J connectivity index is 2.02. The van der Waals surface area contributed by atoms with Gasteiger partial charge in [-0.1, -0.05) is 0 Å². The number of hydrogen-bond donors (Lipinski definition) is 2. The normalized spacial score (nSPS) is 18.5. The van der Waals surface area contributed by atoms with Gasteiger partial charge in [0.15, 0.2) is 0 Å². The monoisotopic (exact) mass is 222 g/mol. The highest BCUT2D eigenvalue weighted by Gasteiger charge is 2.35. The van der Waals surface area contributed by atoms with Crippen LogP contribution in [0.25, 0.3) is 0 Å². The molecule has 1 aromatic heterocycles. The van der Waals surface area contributed by atoms with E-state index >= 15 is 0 Å². The average molecular weight is 222 g/mol. The molecule has 1 aliphatic carbocycles. The van der Waals surface area contributed by atoms with Gasteiger partial charge in [0.25, 0.3) is 0 Å². The summed E-state index contributed by atoms with van der Waals surface area (Å²) in [5.74, 6) is 0. The Morgan fingerprint density at radius 2 is 2.12 bits per heavy atom. The van der Waals surface area contributed by atoms with Gasteiger partial charge in [-0.05, 0) is 44.7 Å². The Bertz CT molecular complexity index is 372. The molecule has 0 unspecified atom stereocenters. The van der Waals surface area contributed by atoms with Gasteiger partial charge in [-0.3, -0.25) is 0 Å². The first-order valence-corrected chi connectivity index (χ1v) is 6.06. The molecule has 0 spiro atoms. The van der Waals surface area contributed by atoms with Gasteiger partial charge in [0.1, 0.15) is 0 Å². The molecule has 0 atom stereocenters. The number of rotatable bonds is 4. The molecule has 16 heavy (non-hydrogen) atoms. The molecule has 1 fully saturated rings. The Kier molecular flexibility index (Phi) is 3.08. The number of hydrogen-bond acceptors (Lipinski definition) is 2. The number of aromatic nitrogens is 1. The van der Waals surface area contributed by atoms with Crippen molar-refractivity contribution in [3.05, 3.63) is 23.0 Å². The summed E-state index contributed by atoms with van der Waals surface area (Å²) in [4.78, 5) is 0. The predicted octanol–water partition coefficient (Wildman–Crippen LogP) is 1.65. The van der Waals surface area contributed by atoms with E-state index < -0.39 is 0 Å². The van der Waals surface area contributed by atoms with E-state index in [-0.39, 0.29) is 12.1 Å².